The number of para-hydroxylation sites is 1. The Bertz CT molecular complexity index is 750. The van der Waals surface area contributed by atoms with E-state index in [9.17, 15) is 0 Å². The monoisotopic (exact) mass is 268 g/mol. The van der Waals surface area contributed by atoms with E-state index in [0.29, 0.717) is 11.6 Å². The van der Waals surface area contributed by atoms with Gasteiger partial charge in [-0.3, -0.25) is 4.98 Å². The topological polar surface area (TPSA) is 77.0 Å². The fraction of sp³-hybridized carbons (Fsp3) is 0.200. The van der Waals surface area contributed by atoms with Gasteiger partial charge in [0.25, 0.3) is 0 Å². The van der Waals surface area contributed by atoms with Crippen molar-refractivity contribution in [2.75, 3.05) is 11.1 Å². The van der Waals surface area contributed by atoms with Gasteiger partial charge >= 0.3 is 0 Å². The fourth-order valence-corrected chi connectivity index (χ4v) is 2.19. The molecule has 5 nitrogen and oxygen atoms in total. The average molecular weight is 268 g/mol. The van der Waals surface area contributed by atoms with Crippen LogP contribution in [0.4, 0.5) is 11.4 Å². The molecule has 0 saturated heterocycles. The molecule has 0 aliphatic rings. The summed E-state index contributed by atoms with van der Waals surface area (Å²) >= 11 is 0. The molecular formula is C15H16N4O. The molecule has 1 aromatic carbocycles. The smallest absolute Gasteiger partial charge is 0.216 e. The van der Waals surface area contributed by atoms with Gasteiger partial charge in [-0.2, -0.15) is 0 Å². The van der Waals surface area contributed by atoms with Gasteiger partial charge in [0, 0.05) is 17.3 Å². The zero-order valence-corrected chi connectivity index (χ0v) is 11.4. The van der Waals surface area contributed by atoms with E-state index >= 15 is 0 Å². The van der Waals surface area contributed by atoms with E-state index in [-0.39, 0.29) is 6.04 Å². The molecule has 0 aliphatic heterocycles. The predicted octanol–water partition coefficient (Wildman–Crippen LogP) is 3.29. The second-order valence-corrected chi connectivity index (χ2v) is 4.78. The molecule has 2 heterocycles. The lowest BCUT2D eigenvalue weighted by Gasteiger charge is -2.14. The molecule has 0 radical (unpaired) electrons. The number of aromatic nitrogens is 2. The van der Waals surface area contributed by atoms with E-state index < -0.39 is 0 Å². The minimum Gasteiger partial charge on any atom is -0.444 e. The third-order valence-electron chi connectivity index (χ3n) is 3.18. The van der Waals surface area contributed by atoms with E-state index in [1.54, 1.807) is 12.4 Å². The largest absolute Gasteiger partial charge is 0.444 e. The van der Waals surface area contributed by atoms with E-state index in [1.807, 2.05) is 38.1 Å². The van der Waals surface area contributed by atoms with Crippen molar-refractivity contribution in [3.8, 4) is 0 Å². The van der Waals surface area contributed by atoms with Crippen molar-refractivity contribution in [1.82, 2.24) is 9.97 Å². The third kappa shape index (κ3) is 2.18. The quantitative estimate of drug-likeness (QED) is 0.713. The molecule has 0 fully saturated rings. The Morgan fingerprint density at radius 1 is 1.25 bits per heavy atom. The van der Waals surface area contributed by atoms with Gasteiger partial charge in [0.1, 0.15) is 11.8 Å². The minimum atomic E-state index is -0.0317. The van der Waals surface area contributed by atoms with Crippen LogP contribution in [0.5, 0.6) is 0 Å². The Kier molecular flexibility index (Phi) is 3.02. The van der Waals surface area contributed by atoms with Crippen LogP contribution in [0, 0.1) is 6.92 Å². The SMILES string of the molecule is Cc1cnc(C(C)Nc2ccnc3c(N)cccc23)o1. The van der Waals surface area contributed by atoms with Gasteiger partial charge in [-0.15, -0.1) is 0 Å². The molecule has 1 atom stereocenters. The van der Waals surface area contributed by atoms with Crippen molar-refractivity contribution in [3.63, 3.8) is 0 Å². The van der Waals surface area contributed by atoms with Crippen molar-refractivity contribution in [1.29, 1.82) is 0 Å². The average Bonchev–Trinajstić information content (AvgIpc) is 2.87. The van der Waals surface area contributed by atoms with Crippen molar-refractivity contribution in [2.45, 2.75) is 19.9 Å². The van der Waals surface area contributed by atoms with Crippen molar-refractivity contribution < 1.29 is 4.42 Å². The molecule has 0 aliphatic carbocycles. The highest BCUT2D eigenvalue weighted by Gasteiger charge is 2.13. The van der Waals surface area contributed by atoms with Crippen LogP contribution >= 0.6 is 0 Å². The number of hydrogen-bond acceptors (Lipinski definition) is 5. The first-order valence-electron chi connectivity index (χ1n) is 6.47. The van der Waals surface area contributed by atoms with Crippen molar-refractivity contribution in [3.05, 3.63) is 48.3 Å². The number of nitrogens with one attached hydrogen (secondary N) is 1. The highest BCUT2D eigenvalue weighted by Crippen LogP contribution is 2.28. The molecule has 0 spiro atoms. The van der Waals surface area contributed by atoms with Crippen LogP contribution in [-0.4, -0.2) is 9.97 Å². The Labute approximate surface area is 116 Å². The lowest BCUT2D eigenvalue weighted by atomic mass is 10.1. The number of benzene rings is 1. The van der Waals surface area contributed by atoms with Crippen LogP contribution in [0.3, 0.4) is 0 Å². The standard InChI is InChI=1S/C15H16N4O/c1-9-8-18-15(20-9)10(2)19-13-6-7-17-14-11(13)4-3-5-12(14)16/h3-8,10H,16H2,1-2H3,(H,17,19). The number of aryl methyl sites for hydroxylation is 1. The van der Waals surface area contributed by atoms with Crippen LogP contribution in [-0.2, 0) is 0 Å². The Morgan fingerprint density at radius 2 is 2.10 bits per heavy atom. The number of hydrogen-bond donors (Lipinski definition) is 2. The van der Waals surface area contributed by atoms with Gasteiger partial charge in [-0.05, 0) is 26.0 Å². The zero-order valence-electron chi connectivity index (χ0n) is 11.4. The van der Waals surface area contributed by atoms with E-state index in [1.165, 1.54) is 0 Å². The Balaban J connectivity index is 1.97. The molecule has 3 N–H and O–H groups in total. The van der Waals surface area contributed by atoms with Crippen LogP contribution in [0.15, 0.2) is 41.1 Å². The second-order valence-electron chi connectivity index (χ2n) is 4.78. The van der Waals surface area contributed by atoms with Gasteiger partial charge in [-0.25, -0.2) is 4.98 Å². The molecule has 0 amide bonds. The number of rotatable bonds is 3. The molecular weight excluding hydrogens is 252 g/mol. The van der Waals surface area contributed by atoms with Gasteiger partial charge in [0.2, 0.25) is 5.89 Å². The first kappa shape index (κ1) is 12.5. The highest BCUT2D eigenvalue weighted by molar-refractivity contribution is 5.97. The lowest BCUT2D eigenvalue weighted by Crippen LogP contribution is -2.07. The second kappa shape index (κ2) is 4.85. The van der Waals surface area contributed by atoms with Crippen LogP contribution in [0.25, 0.3) is 10.9 Å². The summed E-state index contributed by atoms with van der Waals surface area (Å²) in [4.78, 5) is 8.56. The normalized spacial score (nSPS) is 12.5. The molecule has 0 saturated carbocycles. The summed E-state index contributed by atoms with van der Waals surface area (Å²) in [5, 5.41) is 4.38. The molecule has 2 aromatic heterocycles. The van der Waals surface area contributed by atoms with Gasteiger partial charge in [-0.1, -0.05) is 12.1 Å². The van der Waals surface area contributed by atoms with Crippen LogP contribution < -0.4 is 11.1 Å². The van der Waals surface area contributed by atoms with Crippen LogP contribution in [0.2, 0.25) is 0 Å². The molecule has 1 unspecified atom stereocenters. The first-order valence-corrected chi connectivity index (χ1v) is 6.47. The summed E-state index contributed by atoms with van der Waals surface area (Å²) in [6.45, 7) is 3.88. The molecule has 3 rings (SSSR count). The Hall–Kier alpha value is -2.56. The Morgan fingerprint density at radius 3 is 2.85 bits per heavy atom. The fourth-order valence-electron chi connectivity index (χ4n) is 2.19. The number of anilines is 2. The highest BCUT2D eigenvalue weighted by atomic mass is 16.4. The van der Waals surface area contributed by atoms with E-state index in [0.717, 1.165) is 22.4 Å². The molecule has 102 valence electrons. The summed E-state index contributed by atoms with van der Waals surface area (Å²) in [7, 11) is 0. The number of pyridine rings is 1. The number of nitrogens with zero attached hydrogens (tertiary/aromatic N) is 2. The first-order chi connectivity index (χ1) is 9.65. The van der Waals surface area contributed by atoms with Gasteiger partial charge in [0.05, 0.1) is 17.4 Å². The molecule has 3 aromatic rings. The number of nitrogens with two attached hydrogens (primary N) is 1. The summed E-state index contributed by atoms with van der Waals surface area (Å²) < 4.78 is 5.54. The van der Waals surface area contributed by atoms with Gasteiger partial charge in [0.15, 0.2) is 0 Å². The van der Waals surface area contributed by atoms with E-state index in [4.69, 9.17) is 10.2 Å². The number of fused-ring (bicyclic) bond motifs is 1. The van der Waals surface area contributed by atoms with Crippen LogP contribution in [0.1, 0.15) is 24.6 Å². The number of oxazole rings is 1. The van der Waals surface area contributed by atoms with E-state index in [2.05, 4.69) is 15.3 Å². The third-order valence-corrected chi connectivity index (χ3v) is 3.18. The van der Waals surface area contributed by atoms with Crippen molar-refractivity contribution >= 4 is 22.3 Å². The molecule has 5 heteroatoms. The predicted molar refractivity (Wildman–Crippen MR) is 79.4 cm³/mol. The zero-order chi connectivity index (χ0) is 14.1. The molecule has 0 bridgehead atoms. The maximum atomic E-state index is 5.95. The van der Waals surface area contributed by atoms with Gasteiger partial charge < -0.3 is 15.5 Å². The van der Waals surface area contributed by atoms with Crippen molar-refractivity contribution in [2.24, 2.45) is 0 Å². The maximum Gasteiger partial charge on any atom is 0.216 e. The minimum absolute atomic E-state index is 0.0317. The summed E-state index contributed by atoms with van der Waals surface area (Å²) in [6, 6.07) is 7.66. The lowest BCUT2D eigenvalue weighted by molar-refractivity contribution is 0.454. The summed E-state index contributed by atoms with van der Waals surface area (Å²) in [5.41, 5.74) is 8.38. The summed E-state index contributed by atoms with van der Waals surface area (Å²) in [5.74, 6) is 1.47. The maximum absolute atomic E-state index is 5.95. The summed E-state index contributed by atoms with van der Waals surface area (Å²) in [6.07, 6.45) is 3.46. The number of nitrogen functional groups attached to an aromatic ring is 1. The molecule has 20 heavy (non-hydrogen) atoms.